The van der Waals surface area contributed by atoms with Crippen LogP contribution in [0.2, 0.25) is 0 Å². The third kappa shape index (κ3) is 2.91. The third-order valence-corrected chi connectivity index (χ3v) is 6.46. The second kappa shape index (κ2) is 6.70. The molecule has 31 heavy (non-hydrogen) atoms. The maximum absolute atomic E-state index is 13.2. The van der Waals surface area contributed by atoms with Crippen molar-refractivity contribution >= 4 is 22.6 Å². The van der Waals surface area contributed by atoms with Crippen LogP contribution in [0.4, 0.5) is 5.69 Å². The lowest BCUT2D eigenvalue weighted by molar-refractivity contribution is -0.131. The highest BCUT2D eigenvalue weighted by atomic mass is 16.2. The van der Waals surface area contributed by atoms with Crippen molar-refractivity contribution in [1.29, 1.82) is 0 Å². The van der Waals surface area contributed by atoms with Gasteiger partial charge in [0.05, 0.1) is 40.7 Å². The van der Waals surface area contributed by atoms with Crippen molar-refractivity contribution in [3.63, 3.8) is 0 Å². The van der Waals surface area contributed by atoms with E-state index in [0.29, 0.717) is 5.92 Å². The van der Waals surface area contributed by atoms with Crippen molar-refractivity contribution in [1.82, 2.24) is 25.1 Å². The number of aromatic amines is 1. The van der Waals surface area contributed by atoms with Gasteiger partial charge in [0, 0.05) is 11.4 Å². The van der Waals surface area contributed by atoms with Gasteiger partial charge in [-0.15, -0.1) is 5.10 Å². The number of benzene rings is 1. The van der Waals surface area contributed by atoms with Gasteiger partial charge in [0.1, 0.15) is 5.69 Å². The number of carbonyl (C=O) groups excluding carboxylic acids is 1. The topological polar surface area (TPSA) is 87.7 Å². The Morgan fingerprint density at radius 2 is 1.84 bits per heavy atom. The van der Waals surface area contributed by atoms with E-state index in [1.165, 1.54) is 0 Å². The lowest BCUT2D eigenvalue weighted by Gasteiger charge is -2.48. The quantitative estimate of drug-likeness (QED) is 0.511. The molecular formula is C24H22N6O. The number of carbonyl (C=O) groups is 1. The highest BCUT2D eigenvalue weighted by Crippen LogP contribution is 2.54. The second-order valence-electron chi connectivity index (χ2n) is 8.55. The van der Waals surface area contributed by atoms with Crippen molar-refractivity contribution in [2.24, 2.45) is 11.8 Å². The van der Waals surface area contributed by atoms with E-state index in [4.69, 9.17) is 4.98 Å². The molecule has 0 unspecified atom stereocenters. The summed E-state index contributed by atoms with van der Waals surface area (Å²) in [5.41, 5.74) is 7.19. The molecule has 1 aliphatic carbocycles. The molecule has 0 bridgehead atoms. The van der Waals surface area contributed by atoms with Crippen molar-refractivity contribution in [2.75, 3.05) is 4.90 Å². The molecule has 4 heterocycles. The van der Waals surface area contributed by atoms with Gasteiger partial charge >= 0.3 is 0 Å². The summed E-state index contributed by atoms with van der Waals surface area (Å²) in [6.45, 7) is 3.93. The van der Waals surface area contributed by atoms with Crippen LogP contribution in [0.15, 0.2) is 48.8 Å². The first-order valence-corrected chi connectivity index (χ1v) is 10.6. The number of pyridine rings is 1. The summed E-state index contributed by atoms with van der Waals surface area (Å²) >= 11 is 0. The molecule has 1 saturated carbocycles. The van der Waals surface area contributed by atoms with Crippen LogP contribution in [0.25, 0.3) is 22.4 Å². The highest BCUT2D eigenvalue weighted by Gasteiger charge is 2.55. The van der Waals surface area contributed by atoms with E-state index in [1.54, 1.807) is 6.33 Å². The number of hydrogen-bond donors (Lipinski definition) is 1. The number of nitrogens with zero attached hydrogens (tertiary/aromatic N) is 5. The Balaban J connectivity index is 1.39. The molecule has 4 aromatic rings. The van der Waals surface area contributed by atoms with E-state index in [1.807, 2.05) is 55.1 Å². The lowest BCUT2D eigenvalue weighted by Crippen LogP contribution is -2.56. The minimum Gasteiger partial charge on any atom is -0.345 e. The summed E-state index contributed by atoms with van der Waals surface area (Å²) in [5.74, 6) is 0.717. The van der Waals surface area contributed by atoms with E-state index < -0.39 is 0 Å². The minimum absolute atomic E-state index is 0.00558. The predicted molar refractivity (Wildman–Crippen MR) is 117 cm³/mol. The Morgan fingerprint density at radius 1 is 1.00 bits per heavy atom. The molecule has 1 aliphatic heterocycles. The van der Waals surface area contributed by atoms with Crippen LogP contribution < -0.4 is 4.90 Å². The van der Waals surface area contributed by atoms with E-state index in [9.17, 15) is 4.79 Å². The number of H-pyrrole nitrogens is 1. The summed E-state index contributed by atoms with van der Waals surface area (Å²) in [4.78, 5) is 27.4. The van der Waals surface area contributed by atoms with Crippen LogP contribution in [0.3, 0.4) is 0 Å². The Morgan fingerprint density at radius 3 is 2.58 bits per heavy atom. The van der Waals surface area contributed by atoms with Crippen LogP contribution in [0.1, 0.15) is 35.8 Å². The maximum Gasteiger partial charge on any atom is 0.233 e. The first-order valence-electron chi connectivity index (χ1n) is 10.6. The monoisotopic (exact) mass is 410 g/mol. The summed E-state index contributed by atoms with van der Waals surface area (Å²) in [7, 11) is 0. The highest BCUT2D eigenvalue weighted by molar-refractivity contribution is 6.04. The SMILES string of the molecule is Cc1ccc(-c2ccc([C@H]3[C@@H](C4CC4)C(=O)N3c3ccc4nc[nH]c4c3)c(C)n2)nn1. The molecule has 3 aromatic heterocycles. The molecule has 2 fully saturated rings. The van der Waals surface area contributed by atoms with Crippen molar-refractivity contribution in [2.45, 2.75) is 32.7 Å². The van der Waals surface area contributed by atoms with E-state index in [-0.39, 0.29) is 17.9 Å². The summed E-state index contributed by atoms with van der Waals surface area (Å²) in [5, 5.41) is 8.41. The van der Waals surface area contributed by atoms with Crippen molar-refractivity contribution in [3.05, 3.63) is 65.7 Å². The maximum atomic E-state index is 13.2. The van der Waals surface area contributed by atoms with Crippen molar-refractivity contribution < 1.29 is 4.79 Å². The van der Waals surface area contributed by atoms with Crippen LogP contribution in [-0.4, -0.2) is 31.1 Å². The molecule has 7 nitrogen and oxygen atoms in total. The Hall–Kier alpha value is -3.61. The zero-order valence-electron chi connectivity index (χ0n) is 17.4. The normalized spacial score (nSPS) is 20.8. The smallest absolute Gasteiger partial charge is 0.233 e. The van der Waals surface area contributed by atoms with E-state index in [2.05, 4.69) is 26.2 Å². The fourth-order valence-corrected chi connectivity index (χ4v) is 4.68. The predicted octanol–water partition coefficient (Wildman–Crippen LogP) is 4.15. The molecule has 2 aliphatic rings. The lowest BCUT2D eigenvalue weighted by atomic mass is 9.78. The van der Waals surface area contributed by atoms with Gasteiger partial charge < -0.3 is 9.88 Å². The average molecular weight is 410 g/mol. The van der Waals surface area contributed by atoms with Gasteiger partial charge in [-0.2, -0.15) is 5.10 Å². The van der Waals surface area contributed by atoms with Gasteiger partial charge in [-0.3, -0.25) is 9.78 Å². The molecule has 0 spiro atoms. The van der Waals surface area contributed by atoms with Crippen LogP contribution in [0.5, 0.6) is 0 Å². The van der Waals surface area contributed by atoms with Gasteiger partial charge in [0.25, 0.3) is 0 Å². The molecule has 0 radical (unpaired) electrons. The van der Waals surface area contributed by atoms with Crippen LogP contribution in [0, 0.1) is 25.7 Å². The third-order valence-electron chi connectivity index (χ3n) is 6.46. The standard InChI is InChI=1S/C24H22N6O/c1-13-3-8-20(29-28-13)19-10-7-17(14(2)27-19)23-22(15-4-5-15)24(31)30(23)16-6-9-18-21(11-16)26-12-25-18/h3,6-12,15,22-23H,4-5H2,1-2H3,(H,25,26)/t22-,23+/m1/s1. The fraction of sp³-hybridized carbons (Fsp3) is 0.292. The van der Waals surface area contributed by atoms with E-state index in [0.717, 1.165) is 57.9 Å². The molecule has 1 saturated heterocycles. The number of aryl methyl sites for hydroxylation is 2. The average Bonchev–Trinajstić information content (AvgIpc) is 3.47. The molecule has 1 N–H and O–H groups in total. The number of anilines is 1. The number of imidazole rings is 1. The molecular weight excluding hydrogens is 388 g/mol. The zero-order valence-corrected chi connectivity index (χ0v) is 17.4. The first kappa shape index (κ1) is 18.2. The molecule has 154 valence electrons. The van der Waals surface area contributed by atoms with Gasteiger partial charge in [-0.1, -0.05) is 6.07 Å². The van der Waals surface area contributed by atoms with Gasteiger partial charge in [0.2, 0.25) is 5.91 Å². The van der Waals surface area contributed by atoms with Crippen molar-refractivity contribution in [3.8, 4) is 11.4 Å². The molecule has 2 atom stereocenters. The first-order chi connectivity index (χ1) is 15.1. The molecule has 1 amide bonds. The molecule has 7 heteroatoms. The molecule has 6 rings (SSSR count). The number of β-lactam (4-membered cyclic amide) rings is 1. The van der Waals surface area contributed by atoms with Crippen LogP contribution in [-0.2, 0) is 4.79 Å². The Bertz CT molecular complexity index is 1310. The molecule has 1 aromatic carbocycles. The van der Waals surface area contributed by atoms with Gasteiger partial charge in [-0.25, -0.2) is 4.98 Å². The van der Waals surface area contributed by atoms with E-state index >= 15 is 0 Å². The Labute approximate surface area is 179 Å². The fourth-order valence-electron chi connectivity index (χ4n) is 4.68. The number of rotatable bonds is 4. The van der Waals surface area contributed by atoms with Gasteiger partial charge in [0.15, 0.2) is 0 Å². The van der Waals surface area contributed by atoms with Crippen LogP contribution >= 0.6 is 0 Å². The summed E-state index contributed by atoms with van der Waals surface area (Å²) in [6.07, 6.45) is 3.94. The largest absolute Gasteiger partial charge is 0.345 e. The summed E-state index contributed by atoms with van der Waals surface area (Å²) in [6, 6.07) is 13.9. The number of fused-ring (bicyclic) bond motifs is 1. The Kier molecular flexibility index (Phi) is 3.93. The number of nitrogens with one attached hydrogen (secondary N) is 1. The van der Waals surface area contributed by atoms with Gasteiger partial charge in [-0.05, 0) is 74.6 Å². The second-order valence-corrected chi connectivity index (χ2v) is 8.55. The number of aromatic nitrogens is 5. The summed E-state index contributed by atoms with van der Waals surface area (Å²) < 4.78 is 0. The zero-order chi connectivity index (χ0) is 21.1. The minimum atomic E-state index is 0.00558. The number of hydrogen-bond acceptors (Lipinski definition) is 5. The number of amides is 1.